The lowest BCUT2D eigenvalue weighted by atomic mass is 10.1. The minimum Gasteiger partial charge on any atom is -0.394 e. The van der Waals surface area contributed by atoms with E-state index in [0.717, 1.165) is 0 Å². The highest BCUT2D eigenvalue weighted by Gasteiger charge is 2.54. The van der Waals surface area contributed by atoms with Gasteiger partial charge in [0.15, 0.2) is 0 Å². The Morgan fingerprint density at radius 3 is 2.23 bits per heavy atom. The Balaban J connectivity index is 2.79. The molecule has 0 aromatic rings. The molecule has 0 aliphatic carbocycles. The predicted molar refractivity (Wildman–Crippen MR) is 40.8 cm³/mol. The summed E-state index contributed by atoms with van der Waals surface area (Å²) in [4.78, 5) is 0. The van der Waals surface area contributed by atoms with Crippen molar-refractivity contribution in [2.45, 2.75) is 24.1 Å². The smallest absolute Gasteiger partial charge is 0.221 e. The van der Waals surface area contributed by atoms with Crippen molar-refractivity contribution < 1.29 is 29.9 Å². The maximum absolute atomic E-state index is 9.44. The summed E-state index contributed by atoms with van der Waals surface area (Å²) < 4.78 is 9.77. The number of hydrogen-bond acceptors (Lipinski definition) is 6. The molecule has 1 fully saturated rings. The molecule has 1 aliphatic heterocycles. The Hall–Kier alpha value is -0.240. The molecule has 1 aliphatic rings. The number of aliphatic hydroxyl groups excluding tert-OH is 4. The molecule has 78 valence electrons. The van der Waals surface area contributed by atoms with E-state index >= 15 is 0 Å². The lowest BCUT2D eigenvalue weighted by Crippen LogP contribution is -2.47. The molecule has 1 heterocycles. The van der Waals surface area contributed by atoms with E-state index in [4.69, 9.17) is 19.7 Å². The zero-order valence-corrected chi connectivity index (χ0v) is 7.25. The molecule has 0 amide bonds. The van der Waals surface area contributed by atoms with Gasteiger partial charge >= 0.3 is 0 Å². The summed E-state index contributed by atoms with van der Waals surface area (Å²) in [6, 6.07) is 0. The summed E-state index contributed by atoms with van der Waals surface area (Å²) >= 11 is 0. The summed E-state index contributed by atoms with van der Waals surface area (Å²) in [6.07, 6.45) is -3.54. The van der Waals surface area contributed by atoms with E-state index in [0.29, 0.717) is 0 Å². The maximum atomic E-state index is 9.44. The molecule has 0 aromatic carbocycles. The van der Waals surface area contributed by atoms with Crippen LogP contribution >= 0.6 is 0 Å². The van der Waals surface area contributed by atoms with Gasteiger partial charge in [-0.3, -0.25) is 0 Å². The Morgan fingerprint density at radius 2 is 2.00 bits per heavy atom. The van der Waals surface area contributed by atoms with Gasteiger partial charge in [-0.1, -0.05) is 0 Å². The van der Waals surface area contributed by atoms with Crippen LogP contribution in [-0.4, -0.2) is 64.8 Å². The minimum absolute atomic E-state index is 0.441. The fraction of sp³-hybridized carbons (Fsp3) is 1.00. The van der Waals surface area contributed by atoms with Gasteiger partial charge in [-0.25, -0.2) is 0 Å². The normalized spacial score (nSPS) is 45.5. The number of hydrogen-bond donors (Lipinski definition) is 4. The molecule has 4 atom stereocenters. The van der Waals surface area contributed by atoms with Crippen LogP contribution in [0.5, 0.6) is 0 Å². The minimum atomic E-state index is -1.62. The molecule has 0 saturated carbocycles. The van der Waals surface area contributed by atoms with Crippen molar-refractivity contribution in [2.75, 3.05) is 20.3 Å². The molecule has 13 heavy (non-hydrogen) atoms. The Kier molecular flexibility index (Phi) is 3.23. The second-order valence-corrected chi connectivity index (χ2v) is 2.95. The van der Waals surface area contributed by atoms with Gasteiger partial charge in [0.1, 0.15) is 24.9 Å². The summed E-state index contributed by atoms with van der Waals surface area (Å²) in [5.74, 6) is -1.62. The van der Waals surface area contributed by atoms with Crippen LogP contribution in [0.2, 0.25) is 0 Å². The molecule has 1 rings (SSSR count). The molecule has 0 radical (unpaired) electrons. The number of rotatable bonds is 3. The Morgan fingerprint density at radius 1 is 1.38 bits per heavy atom. The van der Waals surface area contributed by atoms with Crippen LogP contribution in [0.4, 0.5) is 0 Å². The van der Waals surface area contributed by atoms with Crippen LogP contribution in [-0.2, 0) is 9.47 Å². The quantitative estimate of drug-likeness (QED) is 0.394. The lowest BCUT2D eigenvalue weighted by Gasteiger charge is -2.27. The Bertz CT molecular complexity index is 168. The van der Waals surface area contributed by atoms with E-state index < -0.39 is 37.3 Å². The monoisotopic (exact) mass is 194 g/mol. The van der Waals surface area contributed by atoms with E-state index in [-0.39, 0.29) is 0 Å². The van der Waals surface area contributed by atoms with Crippen LogP contribution < -0.4 is 0 Å². The van der Waals surface area contributed by atoms with Crippen molar-refractivity contribution in [1.82, 2.24) is 0 Å². The van der Waals surface area contributed by atoms with Gasteiger partial charge in [-0.2, -0.15) is 0 Å². The summed E-state index contributed by atoms with van der Waals surface area (Å²) in [6.45, 7) is -1.03. The third-order valence-electron chi connectivity index (χ3n) is 2.25. The second kappa shape index (κ2) is 3.87. The third kappa shape index (κ3) is 1.56. The molecule has 1 unspecified atom stereocenters. The van der Waals surface area contributed by atoms with Crippen molar-refractivity contribution >= 4 is 0 Å². The SMILES string of the molecule is COC1(CO)O[C@H](CO)[C@@H](O)[C@@H]1O. The molecular weight excluding hydrogens is 180 g/mol. The standard InChI is InChI=1S/C7H14O6/c1-12-7(3-9)6(11)5(10)4(2-8)13-7/h4-6,8-11H,2-3H2,1H3/t4-,5-,6+,7?/m1/s1. The molecule has 6 heteroatoms. The maximum Gasteiger partial charge on any atom is 0.221 e. The van der Waals surface area contributed by atoms with Gasteiger partial charge in [0.25, 0.3) is 0 Å². The van der Waals surface area contributed by atoms with E-state index in [2.05, 4.69) is 0 Å². The van der Waals surface area contributed by atoms with Crippen LogP contribution in [0.1, 0.15) is 0 Å². The van der Waals surface area contributed by atoms with Gasteiger partial charge in [0.05, 0.1) is 6.61 Å². The molecule has 0 aromatic heterocycles. The predicted octanol–water partition coefficient (Wildman–Crippen LogP) is -2.57. The first-order valence-corrected chi connectivity index (χ1v) is 3.92. The summed E-state index contributed by atoms with van der Waals surface area (Å²) in [7, 11) is 1.24. The van der Waals surface area contributed by atoms with Crippen molar-refractivity contribution in [2.24, 2.45) is 0 Å². The van der Waals surface area contributed by atoms with Crippen LogP contribution in [0, 0.1) is 0 Å². The van der Waals surface area contributed by atoms with Gasteiger partial charge in [0, 0.05) is 7.11 Å². The number of aliphatic hydroxyl groups is 4. The lowest BCUT2D eigenvalue weighted by molar-refractivity contribution is -0.263. The second-order valence-electron chi connectivity index (χ2n) is 2.95. The molecule has 6 nitrogen and oxygen atoms in total. The first kappa shape index (κ1) is 10.8. The fourth-order valence-electron chi connectivity index (χ4n) is 1.37. The number of ether oxygens (including phenoxy) is 2. The van der Waals surface area contributed by atoms with E-state index in [1.807, 2.05) is 0 Å². The van der Waals surface area contributed by atoms with E-state index in [9.17, 15) is 10.2 Å². The highest BCUT2D eigenvalue weighted by atomic mass is 16.7. The molecule has 1 saturated heterocycles. The molecule has 4 N–H and O–H groups in total. The molecule has 0 spiro atoms. The van der Waals surface area contributed by atoms with Crippen molar-refractivity contribution in [3.63, 3.8) is 0 Å². The zero-order chi connectivity index (χ0) is 10.1. The van der Waals surface area contributed by atoms with E-state index in [1.165, 1.54) is 7.11 Å². The van der Waals surface area contributed by atoms with Crippen LogP contribution in [0.15, 0.2) is 0 Å². The average Bonchev–Trinajstić information content (AvgIpc) is 2.42. The van der Waals surface area contributed by atoms with Crippen LogP contribution in [0.25, 0.3) is 0 Å². The van der Waals surface area contributed by atoms with Crippen molar-refractivity contribution in [3.05, 3.63) is 0 Å². The van der Waals surface area contributed by atoms with Gasteiger partial charge in [-0.15, -0.1) is 0 Å². The van der Waals surface area contributed by atoms with Crippen molar-refractivity contribution in [3.8, 4) is 0 Å². The Labute approximate surface area is 75.3 Å². The largest absolute Gasteiger partial charge is 0.394 e. The van der Waals surface area contributed by atoms with Gasteiger partial charge in [-0.05, 0) is 0 Å². The van der Waals surface area contributed by atoms with Gasteiger partial charge < -0.3 is 29.9 Å². The third-order valence-corrected chi connectivity index (χ3v) is 2.25. The number of methoxy groups -OCH3 is 1. The van der Waals surface area contributed by atoms with Crippen molar-refractivity contribution in [1.29, 1.82) is 0 Å². The first-order chi connectivity index (χ1) is 6.11. The summed E-state index contributed by atoms with van der Waals surface area (Å²) in [5, 5.41) is 36.4. The van der Waals surface area contributed by atoms with Gasteiger partial charge in [0.2, 0.25) is 5.79 Å². The molecular formula is C7H14O6. The first-order valence-electron chi connectivity index (χ1n) is 3.92. The average molecular weight is 194 g/mol. The summed E-state index contributed by atoms with van der Waals surface area (Å²) in [5.41, 5.74) is 0. The fourth-order valence-corrected chi connectivity index (χ4v) is 1.37. The molecule has 0 bridgehead atoms. The highest BCUT2D eigenvalue weighted by molar-refractivity contribution is 4.95. The zero-order valence-electron chi connectivity index (χ0n) is 7.25. The topological polar surface area (TPSA) is 99.4 Å². The van der Waals surface area contributed by atoms with E-state index in [1.54, 1.807) is 0 Å². The van der Waals surface area contributed by atoms with Crippen LogP contribution in [0.3, 0.4) is 0 Å². The highest BCUT2D eigenvalue weighted by Crippen LogP contribution is 2.31.